The Morgan fingerprint density at radius 1 is 1.16 bits per heavy atom. The molecule has 0 unspecified atom stereocenters. The zero-order chi connectivity index (χ0) is 13.5. The number of hydrogen-bond donors (Lipinski definition) is 2. The van der Waals surface area contributed by atoms with Crippen LogP contribution in [0, 0.1) is 6.92 Å². The smallest absolute Gasteiger partial charge is 0.244 e. The maximum absolute atomic E-state index is 12.1. The molecule has 0 bridgehead atoms. The lowest BCUT2D eigenvalue weighted by atomic mass is 9.63. The van der Waals surface area contributed by atoms with Crippen LogP contribution < -0.4 is 11.3 Å². The number of carbonyl (C=O) groups excluding carboxylic acids is 1. The van der Waals surface area contributed by atoms with E-state index in [0.717, 1.165) is 24.8 Å². The molecule has 1 fully saturated rings. The van der Waals surface area contributed by atoms with E-state index in [1.54, 1.807) is 0 Å². The van der Waals surface area contributed by atoms with E-state index in [9.17, 15) is 4.79 Å². The molecule has 0 aliphatic heterocycles. The first-order chi connectivity index (χ1) is 9.15. The highest BCUT2D eigenvalue weighted by molar-refractivity contribution is 5.91. The Bertz CT molecular complexity index is 644. The highest BCUT2D eigenvalue weighted by Crippen LogP contribution is 2.44. The Balaban J connectivity index is 2.10. The summed E-state index contributed by atoms with van der Waals surface area (Å²) in [5, 5.41) is 2.39. The fourth-order valence-corrected chi connectivity index (χ4v) is 2.98. The second-order valence-corrected chi connectivity index (χ2v) is 5.47. The molecule has 0 saturated heterocycles. The van der Waals surface area contributed by atoms with Crippen LogP contribution in [0.25, 0.3) is 10.8 Å². The van der Waals surface area contributed by atoms with Crippen molar-refractivity contribution in [3.8, 4) is 0 Å². The molecule has 2 aromatic rings. The molecule has 0 spiro atoms. The van der Waals surface area contributed by atoms with Gasteiger partial charge in [-0.1, -0.05) is 48.4 Å². The average Bonchev–Trinajstić information content (AvgIpc) is 2.37. The van der Waals surface area contributed by atoms with Gasteiger partial charge >= 0.3 is 0 Å². The van der Waals surface area contributed by atoms with Crippen LogP contribution in [0.15, 0.2) is 36.4 Å². The number of aryl methyl sites for hydroxylation is 1. The van der Waals surface area contributed by atoms with Crippen LogP contribution in [-0.2, 0) is 10.2 Å². The first-order valence-electron chi connectivity index (χ1n) is 6.68. The van der Waals surface area contributed by atoms with Crippen molar-refractivity contribution in [1.82, 2.24) is 5.43 Å². The first kappa shape index (κ1) is 12.2. The van der Waals surface area contributed by atoms with Gasteiger partial charge in [0.2, 0.25) is 5.91 Å². The molecule has 1 saturated carbocycles. The molecule has 3 nitrogen and oxygen atoms in total. The van der Waals surface area contributed by atoms with E-state index >= 15 is 0 Å². The molecule has 2 aromatic carbocycles. The Hall–Kier alpha value is -1.87. The highest BCUT2D eigenvalue weighted by atomic mass is 16.2. The zero-order valence-corrected chi connectivity index (χ0v) is 11.1. The molecule has 1 amide bonds. The third-order valence-corrected chi connectivity index (χ3v) is 4.32. The number of carbonyl (C=O) groups is 1. The van der Waals surface area contributed by atoms with Gasteiger partial charge < -0.3 is 0 Å². The highest BCUT2D eigenvalue weighted by Gasteiger charge is 2.45. The molecule has 3 N–H and O–H groups in total. The minimum Gasteiger partial charge on any atom is -0.293 e. The first-order valence-corrected chi connectivity index (χ1v) is 6.68. The van der Waals surface area contributed by atoms with Gasteiger partial charge in [-0.05, 0) is 36.1 Å². The van der Waals surface area contributed by atoms with Crippen molar-refractivity contribution in [2.45, 2.75) is 31.6 Å². The van der Waals surface area contributed by atoms with Gasteiger partial charge in [0.25, 0.3) is 0 Å². The Labute approximate surface area is 112 Å². The average molecular weight is 254 g/mol. The number of hydrogen-bond acceptors (Lipinski definition) is 2. The molecular weight excluding hydrogens is 236 g/mol. The van der Waals surface area contributed by atoms with Crippen LogP contribution in [-0.4, -0.2) is 5.91 Å². The number of fused-ring (bicyclic) bond motifs is 1. The third-order valence-electron chi connectivity index (χ3n) is 4.32. The van der Waals surface area contributed by atoms with Crippen molar-refractivity contribution in [3.63, 3.8) is 0 Å². The minimum atomic E-state index is -0.409. The normalized spacial score (nSPS) is 16.9. The van der Waals surface area contributed by atoms with E-state index < -0.39 is 5.41 Å². The Kier molecular flexibility index (Phi) is 2.79. The van der Waals surface area contributed by atoms with Gasteiger partial charge in [-0.25, -0.2) is 5.84 Å². The fourth-order valence-electron chi connectivity index (χ4n) is 2.98. The van der Waals surface area contributed by atoms with Gasteiger partial charge in [0, 0.05) is 0 Å². The summed E-state index contributed by atoms with van der Waals surface area (Å²) >= 11 is 0. The number of rotatable bonds is 2. The van der Waals surface area contributed by atoms with Crippen LogP contribution in [0.4, 0.5) is 0 Å². The molecule has 3 rings (SSSR count). The number of amides is 1. The number of benzene rings is 2. The summed E-state index contributed by atoms with van der Waals surface area (Å²) in [6.07, 6.45) is 2.85. The third kappa shape index (κ3) is 1.81. The maximum atomic E-state index is 12.1. The topological polar surface area (TPSA) is 55.1 Å². The molecular formula is C16H18N2O. The summed E-state index contributed by atoms with van der Waals surface area (Å²) in [6, 6.07) is 12.7. The minimum absolute atomic E-state index is 0.0646. The summed E-state index contributed by atoms with van der Waals surface area (Å²) in [5.41, 5.74) is 4.25. The van der Waals surface area contributed by atoms with Crippen LogP contribution >= 0.6 is 0 Å². The summed E-state index contributed by atoms with van der Waals surface area (Å²) in [4.78, 5) is 12.1. The van der Waals surface area contributed by atoms with Gasteiger partial charge in [-0.2, -0.15) is 0 Å². The van der Waals surface area contributed by atoms with Crippen LogP contribution in [0.1, 0.15) is 30.4 Å². The molecule has 1 aliphatic carbocycles. The predicted molar refractivity (Wildman–Crippen MR) is 76.5 cm³/mol. The van der Waals surface area contributed by atoms with Crippen LogP contribution in [0.2, 0.25) is 0 Å². The van der Waals surface area contributed by atoms with Gasteiger partial charge in [-0.15, -0.1) is 0 Å². The molecule has 0 radical (unpaired) electrons. The number of hydrazine groups is 1. The van der Waals surface area contributed by atoms with Crippen molar-refractivity contribution < 1.29 is 4.79 Å². The lowest BCUT2D eigenvalue weighted by molar-refractivity contribution is -0.130. The van der Waals surface area contributed by atoms with Gasteiger partial charge in [0.15, 0.2) is 0 Å². The monoisotopic (exact) mass is 254 g/mol. The van der Waals surface area contributed by atoms with Crippen molar-refractivity contribution in [1.29, 1.82) is 0 Å². The van der Waals surface area contributed by atoms with Crippen molar-refractivity contribution >= 4 is 16.7 Å². The Morgan fingerprint density at radius 2 is 1.84 bits per heavy atom. The van der Waals surface area contributed by atoms with Crippen LogP contribution in [0.5, 0.6) is 0 Å². The lowest BCUT2D eigenvalue weighted by Gasteiger charge is -2.40. The maximum Gasteiger partial charge on any atom is 0.244 e. The molecule has 0 heterocycles. The van der Waals surface area contributed by atoms with Gasteiger partial charge in [-0.3, -0.25) is 10.2 Å². The summed E-state index contributed by atoms with van der Waals surface area (Å²) in [7, 11) is 0. The van der Waals surface area contributed by atoms with E-state index in [2.05, 4.69) is 48.7 Å². The van der Waals surface area contributed by atoms with Crippen LogP contribution in [0.3, 0.4) is 0 Å². The van der Waals surface area contributed by atoms with Gasteiger partial charge in [0.1, 0.15) is 0 Å². The molecule has 1 aliphatic rings. The van der Waals surface area contributed by atoms with E-state index in [-0.39, 0.29) is 5.91 Å². The summed E-state index contributed by atoms with van der Waals surface area (Å²) in [5.74, 6) is 5.27. The molecule has 3 heteroatoms. The number of nitrogens with one attached hydrogen (secondary N) is 1. The van der Waals surface area contributed by atoms with Crippen molar-refractivity contribution in [2.24, 2.45) is 5.84 Å². The van der Waals surface area contributed by atoms with E-state index in [4.69, 9.17) is 5.84 Å². The molecule has 19 heavy (non-hydrogen) atoms. The lowest BCUT2D eigenvalue weighted by Crippen LogP contribution is -2.51. The predicted octanol–water partition coefficient (Wildman–Crippen LogP) is 2.56. The standard InChI is InChI=1S/C16H18N2O/c1-11-3-4-13-10-14(6-5-12(13)9-11)16(7-2-8-16)15(19)18-17/h3-6,9-10H,2,7-8,17H2,1H3,(H,18,19). The fraction of sp³-hybridized carbons (Fsp3) is 0.312. The second-order valence-electron chi connectivity index (χ2n) is 5.47. The molecule has 98 valence electrons. The summed E-state index contributed by atoms with van der Waals surface area (Å²) in [6.45, 7) is 2.09. The van der Waals surface area contributed by atoms with Crippen molar-refractivity contribution in [3.05, 3.63) is 47.5 Å². The summed E-state index contributed by atoms with van der Waals surface area (Å²) < 4.78 is 0. The van der Waals surface area contributed by atoms with Crippen molar-refractivity contribution in [2.75, 3.05) is 0 Å². The zero-order valence-electron chi connectivity index (χ0n) is 11.1. The Morgan fingerprint density at radius 3 is 2.47 bits per heavy atom. The molecule has 0 aromatic heterocycles. The van der Waals surface area contributed by atoms with E-state index in [0.29, 0.717) is 0 Å². The number of nitrogens with two attached hydrogens (primary N) is 1. The quantitative estimate of drug-likeness (QED) is 0.491. The largest absolute Gasteiger partial charge is 0.293 e. The SMILES string of the molecule is Cc1ccc2cc(C3(C(=O)NN)CCC3)ccc2c1. The van der Waals surface area contributed by atoms with E-state index in [1.807, 2.05) is 0 Å². The second kappa shape index (κ2) is 4.35. The molecule has 0 atom stereocenters. The van der Waals surface area contributed by atoms with Gasteiger partial charge in [0.05, 0.1) is 5.41 Å². The van der Waals surface area contributed by atoms with E-state index in [1.165, 1.54) is 16.3 Å².